The van der Waals surface area contributed by atoms with Crippen LogP contribution in [-0.2, 0) is 10.0 Å². The zero-order valence-corrected chi connectivity index (χ0v) is 11.1. The number of rotatable bonds is 5. The molecule has 0 aliphatic rings. The molecule has 0 saturated heterocycles. The fraction of sp³-hybridized carbons (Fsp3) is 1.00. The van der Waals surface area contributed by atoms with Crippen molar-refractivity contribution in [2.75, 3.05) is 25.2 Å². The molecule has 1 unspecified atom stereocenters. The van der Waals surface area contributed by atoms with E-state index in [9.17, 15) is 8.42 Å². The van der Waals surface area contributed by atoms with Crippen LogP contribution in [0.3, 0.4) is 0 Å². The highest BCUT2D eigenvalue weighted by molar-refractivity contribution is 9.12. The van der Waals surface area contributed by atoms with E-state index >= 15 is 0 Å². The number of halogens is 2. The standard InChI is InChI=1S/C6H13Br2NO2S/c1-9(2)12(10,11)4-3-6(8)5-7/h6H,3-5H2,1-2H3. The van der Waals surface area contributed by atoms with Crippen LogP contribution >= 0.6 is 31.9 Å². The highest BCUT2D eigenvalue weighted by atomic mass is 79.9. The Morgan fingerprint density at radius 1 is 1.42 bits per heavy atom. The highest BCUT2D eigenvalue weighted by Crippen LogP contribution is 2.10. The molecule has 3 nitrogen and oxygen atoms in total. The molecule has 12 heavy (non-hydrogen) atoms. The summed E-state index contributed by atoms with van der Waals surface area (Å²) in [7, 11) is 0.0758. The molecular formula is C6H13Br2NO2S. The molecule has 0 aromatic heterocycles. The van der Waals surface area contributed by atoms with Gasteiger partial charge in [0, 0.05) is 24.3 Å². The van der Waals surface area contributed by atoms with E-state index in [4.69, 9.17) is 0 Å². The van der Waals surface area contributed by atoms with Crippen molar-refractivity contribution in [3.05, 3.63) is 0 Å². The van der Waals surface area contributed by atoms with Crippen LogP contribution < -0.4 is 0 Å². The van der Waals surface area contributed by atoms with Crippen LogP contribution in [-0.4, -0.2) is 42.7 Å². The first-order chi connectivity index (χ1) is 5.40. The summed E-state index contributed by atoms with van der Waals surface area (Å²) >= 11 is 6.61. The lowest BCUT2D eigenvalue weighted by Crippen LogP contribution is -2.26. The second-order valence-electron chi connectivity index (χ2n) is 2.64. The molecule has 0 aliphatic heterocycles. The average molecular weight is 323 g/mol. The van der Waals surface area contributed by atoms with E-state index in [1.54, 1.807) is 14.1 Å². The molecule has 0 fully saturated rings. The van der Waals surface area contributed by atoms with Gasteiger partial charge in [0.1, 0.15) is 0 Å². The first kappa shape index (κ1) is 12.9. The van der Waals surface area contributed by atoms with E-state index in [0.29, 0.717) is 6.42 Å². The molecule has 0 saturated carbocycles. The smallest absolute Gasteiger partial charge is 0.212 e. The summed E-state index contributed by atoms with van der Waals surface area (Å²) in [5, 5.41) is 0.774. The summed E-state index contributed by atoms with van der Waals surface area (Å²) in [6.07, 6.45) is 0.631. The van der Waals surface area contributed by atoms with Gasteiger partial charge >= 0.3 is 0 Å². The van der Waals surface area contributed by atoms with Gasteiger partial charge in [-0.1, -0.05) is 31.9 Å². The van der Waals surface area contributed by atoms with Crippen molar-refractivity contribution in [2.24, 2.45) is 0 Å². The van der Waals surface area contributed by atoms with E-state index in [1.807, 2.05) is 0 Å². The SMILES string of the molecule is CN(C)S(=O)(=O)CCC(Br)CBr. The summed E-state index contributed by atoms with van der Waals surface area (Å²) in [5.74, 6) is 0.196. The Hall–Kier alpha value is 0.870. The fourth-order valence-corrected chi connectivity index (χ4v) is 2.34. The molecule has 1 atom stereocenters. The second kappa shape index (κ2) is 5.57. The zero-order valence-electron chi connectivity index (χ0n) is 7.13. The quantitative estimate of drug-likeness (QED) is 0.718. The van der Waals surface area contributed by atoms with Gasteiger partial charge in [-0.15, -0.1) is 0 Å². The number of alkyl halides is 2. The van der Waals surface area contributed by atoms with Crippen LogP contribution in [0.5, 0.6) is 0 Å². The van der Waals surface area contributed by atoms with Gasteiger partial charge < -0.3 is 0 Å². The molecule has 0 rings (SSSR count). The minimum absolute atomic E-state index is 0.196. The lowest BCUT2D eigenvalue weighted by atomic mass is 10.4. The lowest BCUT2D eigenvalue weighted by molar-refractivity contribution is 0.518. The molecule has 0 bridgehead atoms. The fourth-order valence-electron chi connectivity index (χ4n) is 0.537. The van der Waals surface area contributed by atoms with Gasteiger partial charge in [0.05, 0.1) is 5.75 Å². The van der Waals surface area contributed by atoms with Crippen LogP contribution in [0.2, 0.25) is 0 Å². The maximum atomic E-state index is 11.2. The van der Waals surface area contributed by atoms with Gasteiger partial charge in [-0.05, 0) is 6.42 Å². The van der Waals surface area contributed by atoms with Gasteiger partial charge in [-0.25, -0.2) is 12.7 Å². The van der Waals surface area contributed by atoms with Crippen molar-refractivity contribution < 1.29 is 8.42 Å². The van der Waals surface area contributed by atoms with Crippen molar-refractivity contribution in [1.82, 2.24) is 4.31 Å². The monoisotopic (exact) mass is 321 g/mol. The Labute approximate surface area is 90.8 Å². The van der Waals surface area contributed by atoms with Gasteiger partial charge in [-0.2, -0.15) is 0 Å². The first-order valence-electron chi connectivity index (χ1n) is 3.50. The molecule has 6 heteroatoms. The average Bonchev–Trinajstić information content (AvgIpc) is 2.00. The lowest BCUT2D eigenvalue weighted by Gasteiger charge is -2.12. The van der Waals surface area contributed by atoms with Gasteiger partial charge in [0.25, 0.3) is 0 Å². The molecule has 74 valence electrons. The summed E-state index contributed by atoms with van der Waals surface area (Å²) in [6.45, 7) is 0. The third-order valence-corrected chi connectivity index (χ3v) is 5.71. The van der Waals surface area contributed by atoms with Gasteiger partial charge in [-0.3, -0.25) is 0 Å². The van der Waals surface area contributed by atoms with Crippen LogP contribution in [0.1, 0.15) is 6.42 Å². The van der Waals surface area contributed by atoms with Crippen LogP contribution in [0.15, 0.2) is 0 Å². The highest BCUT2D eigenvalue weighted by Gasteiger charge is 2.15. The Bertz CT molecular complexity index is 216. The predicted molar refractivity (Wildman–Crippen MR) is 58.6 cm³/mol. The molecule has 0 amide bonds. The molecule has 0 aliphatic carbocycles. The van der Waals surface area contributed by atoms with Crippen LogP contribution in [0, 0.1) is 0 Å². The molecule has 0 aromatic carbocycles. The Morgan fingerprint density at radius 3 is 2.25 bits per heavy atom. The van der Waals surface area contributed by atoms with Crippen molar-refractivity contribution in [3.63, 3.8) is 0 Å². The van der Waals surface area contributed by atoms with Crippen molar-refractivity contribution in [3.8, 4) is 0 Å². The maximum absolute atomic E-state index is 11.2. The Morgan fingerprint density at radius 2 is 1.92 bits per heavy atom. The van der Waals surface area contributed by atoms with E-state index in [1.165, 1.54) is 4.31 Å². The molecule has 0 aromatic rings. The van der Waals surface area contributed by atoms with Crippen molar-refractivity contribution >= 4 is 41.9 Å². The van der Waals surface area contributed by atoms with Crippen molar-refractivity contribution in [1.29, 1.82) is 0 Å². The minimum atomic E-state index is -3.02. The number of sulfonamides is 1. The van der Waals surface area contributed by atoms with Crippen molar-refractivity contribution in [2.45, 2.75) is 11.2 Å². The normalized spacial score (nSPS) is 15.1. The van der Waals surface area contributed by atoms with E-state index in [2.05, 4.69) is 31.9 Å². The third-order valence-electron chi connectivity index (χ3n) is 1.41. The number of nitrogens with zero attached hydrogens (tertiary/aromatic N) is 1. The second-order valence-corrected chi connectivity index (χ2v) is 6.88. The van der Waals surface area contributed by atoms with Crippen LogP contribution in [0.4, 0.5) is 0 Å². The van der Waals surface area contributed by atoms with E-state index < -0.39 is 10.0 Å². The minimum Gasteiger partial charge on any atom is -0.212 e. The topological polar surface area (TPSA) is 37.4 Å². The summed E-state index contributed by atoms with van der Waals surface area (Å²) in [5.41, 5.74) is 0. The van der Waals surface area contributed by atoms with E-state index in [0.717, 1.165) is 5.33 Å². The first-order valence-corrected chi connectivity index (χ1v) is 7.15. The predicted octanol–water partition coefficient (Wildman–Crippen LogP) is 1.43. The summed E-state index contributed by atoms with van der Waals surface area (Å²) < 4.78 is 23.7. The Balaban J connectivity index is 3.94. The molecule has 0 N–H and O–H groups in total. The molecule has 0 heterocycles. The molecule has 0 radical (unpaired) electrons. The molecule has 0 spiro atoms. The largest absolute Gasteiger partial charge is 0.213 e. The number of hydrogen-bond acceptors (Lipinski definition) is 2. The molecular weight excluding hydrogens is 310 g/mol. The summed E-state index contributed by atoms with van der Waals surface area (Å²) in [4.78, 5) is 0.229. The zero-order chi connectivity index (χ0) is 9.78. The Kier molecular flexibility index (Phi) is 5.97. The van der Waals surface area contributed by atoms with E-state index in [-0.39, 0.29) is 10.6 Å². The number of hydrogen-bond donors (Lipinski definition) is 0. The van der Waals surface area contributed by atoms with Gasteiger partial charge in [0.15, 0.2) is 0 Å². The van der Waals surface area contributed by atoms with Crippen LogP contribution in [0.25, 0.3) is 0 Å². The maximum Gasteiger partial charge on any atom is 0.213 e. The van der Waals surface area contributed by atoms with Gasteiger partial charge in [0.2, 0.25) is 10.0 Å². The third kappa shape index (κ3) is 4.79. The summed E-state index contributed by atoms with van der Waals surface area (Å²) in [6, 6.07) is 0.